The Hall–Kier alpha value is -1.68. The fraction of sp³-hybridized carbons (Fsp3) is 0.235. The van der Waals surface area contributed by atoms with E-state index >= 15 is 0 Å². The van der Waals surface area contributed by atoms with Gasteiger partial charge in [0.25, 0.3) is 5.91 Å². The van der Waals surface area contributed by atoms with Gasteiger partial charge in [-0.3, -0.25) is 9.69 Å². The van der Waals surface area contributed by atoms with Crippen LogP contribution in [0, 0.1) is 5.82 Å². The number of hydrogen-bond acceptors (Lipinski definition) is 6. The predicted molar refractivity (Wildman–Crippen MR) is 106 cm³/mol. The van der Waals surface area contributed by atoms with E-state index in [-0.39, 0.29) is 11.7 Å². The van der Waals surface area contributed by atoms with Gasteiger partial charge in [0.05, 0.1) is 10.3 Å². The normalized spacial score (nSPS) is 11.1. The number of aromatic nitrogens is 2. The zero-order chi connectivity index (χ0) is 18.5. The van der Waals surface area contributed by atoms with E-state index in [0.717, 1.165) is 21.9 Å². The van der Waals surface area contributed by atoms with Crippen LogP contribution in [0.25, 0.3) is 0 Å². The molecule has 2 heterocycles. The predicted octanol–water partition coefficient (Wildman–Crippen LogP) is 4.78. The van der Waals surface area contributed by atoms with Crippen LogP contribution in [0.5, 0.6) is 0 Å². The summed E-state index contributed by atoms with van der Waals surface area (Å²) in [5.74, 6) is -0.691. The molecule has 0 radical (unpaired) electrons. The number of benzene rings is 1. The lowest BCUT2D eigenvalue weighted by molar-refractivity contribution is 0.102. The monoisotopic (exact) mass is 454 g/mol. The highest BCUT2D eigenvalue weighted by Crippen LogP contribution is 2.24. The number of nitrogens with one attached hydrogen (secondary N) is 1. The van der Waals surface area contributed by atoms with Gasteiger partial charge in [0.15, 0.2) is 0 Å². The van der Waals surface area contributed by atoms with Gasteiger partial charge < -0.3 is 5.32 Å². The summed E-state index contributed by atoms with van der Waals surface area (Å²) >= 11 is 6.45. The van der Waals surface area contributed by atoms with Gasteiger partial charge in [-0.25, -0.2) is 4.39 Å². The maximum atomic E-state index is 12.9. The van der Waals surface area contributed by atoms with E-state index in [1.807, 2.05) is 6.07 Å². The molecular formula is C17H16BrFN4OS2. The molecule has 26 heavy (non-hydrogen) atoms. The van der Waals surface area contributed by atoms with Crippen molar-refractivity contribution in [1.29, 1.82) is 0 Å². The maximum Gasteiger partial charge on any atom is 0.286 e. The van der Waals surface area contributed by atoms with Gasteiger partial charge in [-0.05, 0) is 58.9 Å². The average molecular weight is 455 g/mol. The molecule has 0 spiro atoms. The number of carbonyl (C=O) groups excluding carboxylic acids is 1. The zero-order valence-electron chi connectivity index (χ0n) is 13.9. The van der Waals surface area contributed by atoms with Crippen molar-refractivity contribution in [2.45, 2.75) is 20.0 Å². The van der Waals surface area contributed by atoms with Crippen LogP contribution in [0.1, 0.15) is 26.6 Å². The molecule has 0 aliphatic heterocycles. The molecule has 3 aromatic rings. The van der Waals surface area contributed by atoms with Crippen molar-refractivity contribution in [2.75, 3.05) is 11.9 Å². The Bertz CT molecular complexity index is 881. The largest absolute Gasteiger partial charge is 0.320 e. The fourth-order valence-corrected chi connectivity index (χ4v) is 4.56. The van der Waals surface area contributed by atoms with E-state index in [0.29, 0.717) is 17.2 Å². The number of anilines is 1. The van der Waals surface area contributed by atoms with Crippen LogP contribution < -0.4 is 5.32 Å². The van der Waals surface area contributed by atoms with Crippen LogP contribution in [-0.2, 0) is 13.1 Å². The molecular weight excluding hydrogens is 439 g/mol. The summed E-state index contributed by atoms with van der Waals surface area (Å²) in [6.45, 7) is 4.41. The van der Waals surface area contributed by atoms with Crippen molar-refractivity contribution < 1.29 is 9.18 Å². The zero-order valence-corrected chi connectivity index (χ0v) is 17.1. The quantitative estimate of drug-likeness (QED) is 0.558. The van der Waals surface area contributed by atoms with E-state index in [2.05, 4.69) is 49.3 Å². The number of rotatable bonds is 7. The smallest absolute Gasteiger partial charge is 0.286 e. The number of thiophene rings is 1. The van der Waals surface area contributed by atoms with Crippen molar-refractivity contribution in [2.24, 2.45) is 0 Å². The molecule has 5 nitrogen and oxygen atoms in total. The standard InChI is InChI=1S/C17H16BrFN4OS2/c1-2-23(9-13-7-8-14(18)25-13)10-15-21-22-17(26-15)16(24)20-12-5-3-11(19)4-6-12/h3-8H,2,9-10H2,1H3,(H,20,24). The van der Waals surface area contributed by atoms with Gasteiger partial charge in [0, 0.05) is 17.1 Å². The van der Waals surface area contributed by atoms with Gasteiger partial charge in [-0.15, -0.1) is 21.5 Å². The van der Waals surface area contributed by atoms with E-state index in [4.69, 9.17) is 0 Å². The lowest BCUT2D eigenvalue weighted by Gasteiger charge is -2.17. The van der Waals surface area contributed by atoms with Crippen molar-refractivity contribution >= 4 is 50.2 Å². The van der Waals surface area contributed by atoms with Gasteiger partial charge in [0.1, 0.15) is 10.8 Å². The Kier molecular flexibility index (Phi) is 6.47. The molecule has 0 saturated heterocycles. The number of hydrogen-bond donors (Lipinski definition) is 1. The molecule has 0 atom stereocenters. The first-order chi connectivity index (χ1) is 12.5. The summed E-state index contributed by atoms with van der Waals surface area (Å²) in [5, 5.41) is 11.9. The van der Waals surface area contributed by atoms with Crippen LogP contribution in [0.2, 0.25) is 0 Å². The van der Waals surface area contributed by atoms with E-state index in [1.54, 1.807) is 11.3 Å². The molecule has 1 amide bonds. The second kappa shape index (κ2) is 8.81. The average Bonchev–Trinajstić information content (AvgIpc) is 3.25. The molecule has 0 aliphatic carbocycles. The molecule has 1 aromatic carbocycles. The van der Waals surface area contributed by atoms with Crippen LogP contribution in [-0.4, -0.2) is 27.5 Å². The Balaban J connectivity index is 1.60. The minimum absolute atomic E-state index is 0.291. The molecule has 9 heteroatoms. The van der Waals surface area contributed by atoms with E-state index in [9.17, 15) is 9.18 Å². The second-order valence-corrected chi connectivity index (χ2v) is 9.08. The Morgan fingerprint density at radius 1 is 1.15 bits per heavy atom. The van der Waals surface area contributed by atoms with Crippen LogP contribution in [0.15, 0.2) is 40.2 Å². The first-order valence-electron chi connectivity index (χ1n) is 7.89. The lowest BCUT2D eigenvalue weighted by Crippen LogP contribution is -2.21. The summed E-state index contributed by atoms with van der Waals surface area (Å²) in [5.41, 5.74) is 0.520. The molecule has 0 fully saturated rings. The van der Waals surface area contributed by atoms with Crippen molar-refractivity contribution in [3.8, 4) is 0 Å². The van der Waals surface area contributed by atoms with Crippen molar-refractivity contribution in [3.05, 3.63) is 60.9 Å². The van der Waals surface area contributed by atoms with E-state index < -0.39 is 0 Å². The molecule has 136 valence electrons. The molecule has 2 aromatic heterocycles. The van der Waals surface area contributed by atoms with Gasteiger partial charge in [-0.1, -0.05) is 18.3 Å². The summed E-state index contributed by atoms with van der Waals surface area (Å²) in [6, 6.07) is 9.74. The summed E-state index contributed by atoms with van der Waals surface area (Å²) < 4.78 is 14.0. The van der Waals surface area contributed by atoms with Crippen LogP contribution in [0.4, 0.5) is 10.1 Å². The SMILES string of the molecule is CCN(Cc1ccc(Br)s1)Cc1nnc(C(=O)Nc2ccc(F)cc2)s1. The summed E-state index contributed by atoms with van der Waals surface area (Å²) in [6.07, 6.45) is 0. The highest BCUT2D eigenvalue weighted by molar-refractivity contribution is 9.11. The highest BCUT2D eigenvalue weighted by Gasteiger charge is 2.15. The molecule has 0 saturated carbocycles. The molecule has 0 aliphatic rings. The molecule has 0 unspecified atom stereocenters. The number of halogens is 2. The Morgan fingerprint density at radius 2 is 1.92 bits per heavy atom. The third kappa shape index (κ3) is 5.16. The first kappa shape index (κ1) is 19.1. The Labute approximate surface area is 167 Å². The van der Waals surface area contributed by atoms with Gasteiger partial charge in [0.2, 0.25) is 5.01 Å². The Morgan fingerprint density at radius 3 is 2.58 bits per heavy atom. The topological polar surface area (TPSA) is 58.1 Å². The highest BCUT2D eigenvalue weighted by atomic mass is 79.9. The lowest BCUT2D eigenvalue weighted by atomic mass is 10.3. The fourth-order valence-electron chi connectivity index (χ4n) is 2.25. The third-order valence-corrected chi connectivity index (χ3v) is 6.09. The number of amides is 1. The van der Waals surface area contributed by atoms with E-state index in [1.165, 1.54) is 40.5 Å². The van der Waals surface area contributed by atoms with Crippen LogP contribution >= 0.6 is 38.6 Å². The molecule has 1 N–H and O–H groups in total. The number of carbonyl (C=O) groups is 1. The van der Waals surface area contributed by atoms with Gasteiger partial charge >= 0.3 is 0 Å². The second-order valence-electron chi connectivity index (χ2n) is 5.47. The van der Waals surface area contributed by atoms with Crippen LogP contribution in [0.3, 0.4) is 0 Å². The minimum atomic E-state index is -0.348. The van der Waals surface area contributed by atoms with Crippen molar-refractivity contribution in [1.82, 2.24) is 15.1 Å². The molecule has 0 bridgehead atoms. The third-order valence-electron chi connectivity index (χ3n) is 3.58. The summed E-state index contributed by atoms with van der Waals surface area (Å²) in [4.78, 5) is 15.7. The summed E-state index contributed by atoms with van der Waals surface area (Å²) in [7, 11) is 0. The van der Waals surface area contributed by atoms with Crippen molar-refractivity contribution in [3.63, 3.8) is 0 Å². The first-order valence-corrected chi connectivity index (χ1v) is 10.3. The maximum absolute atomic E-state index is 12.9. The molecule has 3 rings (SSSR count). The number of nitrogens with zero attached hydrogens (tertiary/aromatic N) is 3. The van der Waals surface area contributed by atoms with Gasteiger partial charge in [-0.2, -0.15) is 0 Å². The minimum Gasteiger partial charge on any atom is -0.320 e.